The summed E-state index contributed by atoms with van der Waals surface area (Å²) in [4.78, 5) is 0. The van der Waals surface area contributed by atoms with E-state index in [1.54, 1.807) is 0 Å². The Kier molecular flexibility index (Phi) is 5.49. The van der Waals surface area contributed by atoms with E-state index in [4.69, 9.17) is 4.74 Å². The van der Waals surface area contributed by atoms with E-state index < -0.39 is 0 Å². The molecule has 0 bridgehead atoms. The molecule has 0 radical (unpaired) electrons. The van der Waals surface area contributed by atoms with Gasteiger partial charge in [0.2, 0.25) is 0 Å². The molecule has 0 aromatic carbocycles. The van der Waals surface area contributed by atoms with E-state index in [2.05, 4.69) is 26.1 Å². The van der Waals surface area contributed by atoms with Crippen LogP contribution in [0.15, 0.2) is 0 Å². The standard InChI is InChI=1S/C12H25NO/c1-4-6-13-11-8-12(9-11)14-7-5-10(2)3/h10-13H,4-9H2,1-3H3. The minimum absolute atomic E-state index is 0.545. The second-order valence-electron chi connectivity index (χ2n) is 4.80. The molecule has 0 amide bonds. The van der Waals surface area contributed by atoms with Crippen molar-refractivity contribution in [2.45, 2.75) is 58.6 Å². The highest BCUT2D eigenvalue weighted by Gasteiger charge is 2.28. The van der Waals surface area contributed by atoms with Gasteiger partial charge in [0, 0.05) is 12.6 Å². The molecule has 84 valence electrons. The average Bonchev–Trinajstić information content (AvgIpc) is 2.07. The first-order valence-corrected chi connectivity index (χ1v) is 6.07. The summed E-state index contributed by atoms with van der Waals surface area (Å²) in [6, 6.07) is 0.735. The Labute approximate surface area is 88.4 Å². The van der Waals surface area contributed by atoms with Gasteiger partial charge in [-0.15, -0.1) is 0 Å². The van der Waals surface area contributed by atoms with Crippen LogP contribution in [0.5, 0.6) is 0 Å². The van der Waals surface area contributed by atoms with Crippen LogP contribution in [0.1, 0.15) is 46.5 Å². The van der Waals surface area contributed by atoms with Crippen molar-refractivity contribution in [2.75, 3.05) is 13.2 Å². The molecule has 1 aliphatic rings. The molecule has 0 aliphatic heterocycles. The zero-order valence-electron chi connectivity index (χ0n) is 9.88. The molecule has 1 saturated carbocycles. The summed E-state index contributed by atoms with van der Waals surface area (Å²) >= 11 is 0. The molecular formula is C12H25NO. The highest BCUT2D eigenvalue weighted by Crippen LogP contribution is 2.23. The van der Waals surface area contributed by atoms with Crippen LogP contribution >= 0.6 is 0 Å². The monoisotopic (exact) mass is 199 g/mol. The summed E-state index contributed by atoms with van der Waals surface area (Å²) in [7, 11) is 0. The van der Waals surface area contributed by atoms with Crippen LogP contribution in [0.3, 0.4) is 0 Å². The van der Waals surface area contributed by atoms with E-state index in [0.717, 1.165) is 25.1 Å². The number of hydrogen-bond donors (Lipinski definition) is 1. The molecule has 2 heteroatoms. The SMILES string of the molecule is CCCNC1CC(OCCC(C)C)C1. The third-order valence-electron chi connectivity index (χ3n) is 2.83. The Bertz CT molecular complexity index is 141. The fourth-order valence-electron chi connectivity index (χ4n) is 1.69. The molecule has 0 aromatic heterocycles. The first-order valence-electron chi connectivity index (χ1n) is 6.07. The van der Waals surface area contributed by atoms with Gasteiger partial charge in [0.1, 0.15) is 0 Å². The maximum atomic E-state index is 5.76. The van der Waals surface area contributed by atoms with Gasteiger partial charge in [-0.3, -0.25) is 0 Å². The summed E-state index contributed by atoms with van der Waals surface area (Å²) in [5.41, 5.74) is 0. The van der Waals surface area contributed by atoms with E-state index >= 15 is 0 Å². The summed E-state index contributed by atoms with van der Waals surface area (Å²) in [6.45, 7) is 8.81. The number of ether oxygens (including phenoxy) is 1. The smallest absolute Gasteiger partial charge is 0.0604 e. The normalized spacial score (nSPS) is 26.6. The lowest BCUT2D eigenvalue weighted by Gasteiger charge is -2.36. The molecule has 1 fully saturated rings. The average molecular weight is 199 g/mol. The maximum absolute atomic E-state index is 5.76. The van der Waals surface area contributed by atoms with Gasteiger partial charge in [-0.25, -0.2) is 0 Å². The second-order valence-corrected chi connectivity index (χ2v) is 4.80. The van der Waals surface area contributed by atoms with Gasteiger partial charge in [-0.05, 0) is 38.1 Å². The minimum atomic E-state index is 0.545. The van der Waals surface area contributed by atoms with E-state index in [9.17, 15) is 0 Å². The molecule has 1 N–H and O–H groups in total. The summed E-state index contributed by atoms with van der Waals surface area (Å²) in [5.74, 6) is 0.768. The lowest BCUT2D eigenvalue weighted by Crippen LogP contribution is -2.45. The van der Waals surface area contributed by atoms with Crippen molar-refractivity contribution >= 4 is 0 Å². The topological polar surface area (TPSA) is 21.3 Å². The van der Waals surface area contributed by atoms with Crippen LogP contribution in [0.25, 0.3) is 0 Å². The van der Waals surface area contributed by atoms with Gasteiger partial charge in [-0.2, -0.15) is 0 Å². The Hall–Kier alpha value is -0.0800. The Balaban J connectivity index is 1.89. The quantitative estimate of drug-likeness (QED) is 0.680. The lowest BCUT2D eigenvalue weighted by molar-refractivity contribution is -0.0201. The molecule has 0 aromatic rings. The Morgan fingerprint density at radius 3 is 2.64 bits per heavy atom. The van der Waals surface area contributed by atoms with Gasteiger partial charge in [0.25, 0.3) is 0 Å². The zero-order valence-corrected chi connectivity index (χ0v) is 9.88. The van der Waals surface area contributed by atoms with E-state index in [0.29, 0.717) is 6.10 Å². The Morgan fingerprint density at radius 1 is 1.36 bits per heavy atom. The fraction of sp³-hybridized carbons (Fsp3) is 1.00. The van der Waals surface area contributed by atoms with Crippen molar-refractivity contribution in [1.82, 2.24) is 5.32 Å². The molecule has 14 heavy (non-hydrogen) atoms. The van der Waals surface area contributed by atoms with Gasteiger partial charge in [-0.1, -0.05) is 20.8 Å². The third kappa shape index (κ3) is 4.43. The zero-order chi connectivity index (χ0) is 10.4. The van der Waals surface area contributed by atoms with Crippen LogP contribution in [0, 0.1) is 5.92 Å². The van der Waals surface area contributed by atoms with E-state index in [1.165, 1.54) is 25.7 Å². The van der Waals surface area contributed by atoms with Crippen LogP contribution < -0.4 is 5.32 Å². The highest BCUT2D eigenvalue weighted by molar-refractivity contribution is 4.85. The van der Waals surface area contributed by atoms with Crippen LogP contribution in [-0.4, -0.2) is 25.3 Å². The van der Waals surface area contributed by atoms with Crippen LogP contribution in [0.2, 0.25) is 0 Å². The minimum Gasteiger partial charge on any atom is -0.378 e. The van der Waals surface area contributed by atoms with Gasteiger partial charge < -0.3 is 10.1 Å². The van der Waals surface area contributed by atoms with Crippen LogP contribution in [0.4, 0.5) is 0 Å². The molecule has 0 saturated heterocycles. The van der Waals surface area contributed by atoms with E-state index in [-0.39, 0.29) is 0 Å². The molecule has 0 heterocycles. The second kappa shape index (κ2) is 6.41. The van der Waals surface area contributed by atoms with Crippen molar-refractivity contribution in [3.63, 3.8) is 0 Å². The van der Waals surface area contributed by atoms with Crippen molar-refractivity contribution < 1.29 is 4.74 Å². The molecule has 0 atom stereocenters. The van der Waals surface area contributed by atoms with Crippen LogP contribution in [-0.2, 0) is 4.74 Å². The molecule has 0 unspecified atom stereocenters. The summed E-state index contributed by atoms with van der Waals surface area (Å²) in [6.07, 6.45) is 5.41. The number of rotatable bonds is 7. The molecule has 0 spiro atoms. The van der Waals surface area contributed by atoms with Crippen molar-refractivity contribution in [2.24, 2.45) is 5.92 Å². The first kappa shape index (κ1) is 12.0. The maximum Gasteiger partial charge on any atom is 0.0604 e. The van der Waals surface area contributed by atoms with Crippen molar-refractivity contribution in [1.29, 1.82) is 0 Å². The molecular weight excluding hydrogens is 174 g/mol. The summed E-state index contributed by atoms with van der Waals surface area (Å²) in [5, 5.41) is 3.52. The van der Waals surface area contributed by atoms with Crippen molar-refractivity contribution in [3.05, 3.63) is 0 Å². The predicted molar refractivity (Wildman–Crippen MR) is 60.5 cm³/mol. The fourth-order valence-corrected chi connectivity index (χ4v) is 1.69. The molecule has 1 rings (SSSR count). The third-order valence-corrected chi connectivity index (χ3v) is 2.83. The molecule has 1 aliphatic carbocycles. The van der Waals surface area contributed by atoms with E-state index in [1.807, 2.05) is 0 Å². The largest absolute Gasteiger partial charge is 0.378 e. The highest BCUT2D eigenvalue weighted by atomic mass is 16.5. The first-order chi connectivity index (χ1) is 6.72. The Morgan fingerprint density at radius 2 is 2.07 bits per heavy atom. The number of nitrogens with one attached hydrogen (secondary N) is 1. The van der Waals surface area contributed by atoms with Gasteiger partial charge in [0.15, 0.2) is 0 Å². The van der Waals surface area contributed by atoms with Gasteiger partial charge >= 0.3 is 0 Å². The number of hydrogen-bond acceptors (Lipinski definition) is 2. The van der Waals surface area contributed by atoms with Gasteiger partial charge in [0.05, 0.1) is 6.10 Å². The lowest BCUT2D eigenvalue weighted by atomic mass is 9.89. The summed E-state index contributed by atoms with van der Waals surface area (Å²) < 4.78 is 5.76. The van der Waals surface area contributed by atoms with Crippen molar-refractivity contribution in [3.8, 4) is 0 Å². The molecule has 2 nitrogen and oxygen atoms in total. The predicted octanol–water partition coefficient (Wildman–Crippen LogP) is 2.58.